The molecule has 0 saturated heterocycles. The van der Waals surface area contributed by atoms with Crippen LogP contribution in [-0.2, 0) is 22.6 Å². The summed E-state index contributed by atoms with van der Waals surface area (Å²) in [7, 11) is 0. The van der Waals surface area contributed by atoms with E-state index in [2.05, 4.69) is 0 Å². The van der Waals surface area contributed by atoms with Crippen LogP contribution in [0.1, 0.15) is 24.0 Å². The molecule has 1 heterocycles. The average Bonchev–Trinajstić information content (AvgIpc) is 3.26. The zero-order valence-electron chi connectivity index (χ0n) is 11.3. The molecule has 106 valence electrons. The van der Waals surface area contributed by atoms with Crippen molar-refractivity contribution in [3.8, 4) is 0 Å². The molecule has 4 N–H and O–H groups in total. The molecule has 3 rings (SSSR count). The van der Waals surface area contributed by atoms with Crippen molar-refractivity contribution < 1.29 is 9.59 Å². The second-order valence-corrected chi connectivity index (χ2v) is 5.81. The van der Waals surface area contributed by atoms with Crippen molar-refractivity contribution in [3.63, 3.8) is 0 Å². The Morgan fingerprint density at radius 2 is 1.90 bits per heavy atom. The van der Waals surface area contributed by atoms with E-state index in [0.29, 0.717) is 19.5 Å². The van der Waals surface area contributed by atoms with Gasteiger partial charge in [0.15, 0.2) is 0 Å². The fraction of sp³-hybridized carbons (Fsp3) is 0.467. The van der Waals surface area contributed by atoms with Gasteiger partial charge >= 0.3 is 0 Å². The molecule has 1 atom stereocenters. The summed E-state index contributed by atoms with van der Waals surface area (Å²) in [5.74, 6) is -0.459. The zero-order chi connectivity index (χ0) is 14.3. The van der Waals surface area contributed by atoms with Gasteiger partial charge in [0, 0.05) is 19.5 Å². The number of benzene rings is 1. The molecule has 1 fully saturated rings. The predicted octanol–water partition coefficient (Wildman–Crippen LogP) is 0.164. The van der Waals surface area contributed by atoms with Crippen LogP contribution in [0.4, 0.5) is 0 Å². The van der Waals surface area contributed by atoms with Gasteiger partial charge < -0.3 is 16.4 Å². The highest BCUT2D eigenvalue weighted by Crippen LogP contribution is 2.47. The normalized spacial score (nSPS) is 23.1. The van der Waals surface area contributed by atoms with Crippen molar-refractivity contribution in [2.45, 2.75) is 31.8 Å². The van der Waals surface area contributed by atoms with E-state index in [4.69, 9.17) is 11.5 Å². The monoisotopic (exact) mass is 273 g/mol. The number of nitrogens with zero attached hydrogens (tertiary/aromatic N) is 1. The summed E-state index contributed by atoms with van der Waals surface area (Å²) in [6.45, 7) is 0.791. The maximum absolute atomic E-state index is 12.7. The van der Waals surface area contributed by atoms with Gasteiger partial charge in [0.05, 0.1) is 5.41 Å². The Bertz CT molecular complexity index is 566. The van der Waals surface area contributed by atoms with Crippen LogP contribution < -0.4 is 11.5 Å². The Balaban J connectivity index is 1.93. The largest absolute Gasteiger partial charge is 0.368 e. The molecule has 0 aromatic heterocycles. The van der Waals surface area contributed by atoms with Crippen molar-refractivity contribution in [2.24, 2.45) is 16.9 Å². The van der Waals surface area contributed by atoms with Gasteiger partial charge in [-0.2, -0.15) is 0 Å². The lowest BCUT2D eigenvalue weighted by atomic mass is 9.91. The van der Waals surface area contributed by atoms with Crippen LogP contribution in [0.25, 0.3) is 0 Å². The Hall–Kier alpha value is -1.88. The molecule has 1 aliphatic carbocycles. The number of amides is 2. The van der Waals surface area contributed by atoms with Crippen molar-refractivity contribution in [1.82, 2.24) is 4.90 Å². The van der Waals surface area contributed by atoms with Crippen molar-refractivity contribution in [3.05, 3.63) is 35.4 Å². The van der Waals surface area contributed by atoms with E-state index in [-0.39, 0.29) is 5.91 Å². The lowest BCUT2D eigenvalue weighted by molar-refractivity contribution is -0.145. The van der Waals surface area contributed by atoms with Crippen LogP contribution >= 0.6 is 0 Å². The van der Waals surface area contributed by atoms with Gasteiger partial charge in [-0.15, -0.1) is 0 Å². The predicted molar refractivity (Wildman–Crippen MR) is 74.4 cm³/mol. The third-order valence-corrected chi connectivity index (χ3v) is 4.54. The first-order valence-corrected chi connectivity index (χ1v) is 6.95. The maximum atomic E-state index is 12.7. The zero-order valence-corrected chi connectivity index (χ0v) is 11.3. The molecule has 0 spiro atoms. The topological polar surface area (TPSA) is 89.4 Å². The van der Waals surface area contributed by atoms with Crippen LogP contribution in [-0.4, -0.2) is 29.3 Å². The Morgan fingerprint density at radius 1 is 1.25 bits per heavy atom. The lowest BCUT2D eigenvalue weighted by Gasteiger charge is -2.37. The molecular formula is C15H19N3O2. The summed E-state index contributed by atoms with van der Waals surface area (Å²) < 4.78 is 0. The fourth-order valence-corrected chi connectivity index (χ4v) is 2.95. The number of primary amides is 1. The summed E-state index contributed by atoms with van der Waals surface area (Å²) in [6, 6.07) is 7.32. The molecule has 1 aliphatic heterocycles. The van der Waals surface area contributed by atoms with Crippen LogP contribution in [0.15, 0.2) is 24.3 Å². The molecule has 1 saturated carbocycles. The number of rotatable bonds is 3. The highest BCUT2D eigenvalue weighted by atomic mass is 16.2. The summed E-state index contributed by atoms with van der Waals surface area (Å²) in [5.41, 5.74) is 13.0. The Morgan fingerprint density at radius 3 is 2.45 bits per heavy atom. The number of fused-ring (bicyclic) bond motifs is 1. The van der Waals surface area contributed by atoms with Crippen LogP contribution in [0.2, 0.25) is 0 Å². The molecule has 1 aromatic rings. The third kappa shape index (κ3) is 1.98. The van der Waals surface area contributed by atoms with Gasteiger partial charge in [0.1, 0.15) is 6.04 Å². The first kappa shape index (κ1) is 13.1. The van der Waals surface area contributed by atoms with Crippen LogP contribution in [0, 0.1) is 5.41 Å². The maximum Gasteiger partial charge on any atom is 0.240 e. The van der Waals surface area contributed by atoms with E-state index in [9.17, 15) is 9.59 Å². The van der Waals surface area contributed by atoms with E-state index in [1.54, 1.807) is 4.90 Å². The number of nitrogens with two attached hydrogens (primary N) is 2. The Labute approximate surface area is 117 Å². The molecule has 5 nitrogen and oxygen atoms in total. The summed E-state index contributed by atoms with van der Waals surface area (Å²) >= 11 is 0. The van der Waals surface area contributed by atoms with Crippen molar-refractivity contribution >= 4 is 11.8 Å². The van der Waals surface area contributed by atoms with E-state index in [1.165, 1.54) is 0 Å². The molecular weight excluding hydrogens is 254 g/mol. The minimum absolute atomic E-state index is 0.0155. The minimum atomic E-state index is -0.554. The van der Waals surface area contributed by atoms with Gasteiger partial charge in [-0.3, -0.25) is 9.59 Å². The molecule has 2 amide bonds. The summed E-state index contributed by atoms with van der Waals surface area (Å²) in [5, 5.41) is 0. The van der Waals surface area contributed by atoms with Crippen molar-refractivity contribution in [1.29, 1.82) is 0 Å². The average molecular weight is 273 g/mol. The highest BCUT2D eigenvalue weighted by Gasteiger charge is 2.52. The van der Waals surface area contributed by atoms with E-state index in [1.807, 2.05) is 24.3 Å². The van der Waals surface area contributed by atoms with E-state index in [0.717, 1.165) is 24.0 Å². The molecule has 20 heavy (non-hydrogen) atoms. The fourth-order valence-electron chi connectivity index (χ4n) is 2.95. The molecule has 2 aliphatic rings. The van der Waals surface area contributed by atoms with Crippen LogP contribution in [0.3, 0.4) is 0 Å². The molecule has 1 aromatic carbocycles. The van der Waals surface area contributed by atoms with Crippen LogP contribution in [0.5, 0.6) is 0 Å². The van der Waals surface area contributed by atoms with E-state index >= 15 is 0 Å². The summed E-state index contributed by atoms with van der Waals surface area (Å²) in [4.78, 5) is 26.0. The third-order valence-electron chi connectivity index (χ3n) is 4.54. The molecule has 0 unspecified atom stereocenters. The number of carbonyl (C=O) groups excluding carboxylic acids is 2. The minimum Gasteiger partial charge on any atom is -0.368 e. The highest BCUT2D eigenvalue weighted by molar-refractivity contribution is 5.91. The molecule has 0 radical (unpaired) electrons. The lowest BCUT2D eigenvalue weighted by Crippen LogP contribution is -2.54. The quantitative estimate of drug-likeness (QED) is 0.822. The van der Waals surface area contributed by atoms with Gasteiger partial charge in [0.25, 0.3) is 0 Å². The first-order chi connectivity index (χ1) is 9.57. The van der Waals surface area contributed by atoms with Gasteiger partial charge in [-0.1, -0.05) is 24.3 Å². The number of carbonyl (C=O) groups is 2. The van der Waals surface area contributed by atoms with Gasteiger partial charge in [-0.25, -0.2) is 0 Å². The second kappa shape index (κ2) is 4.59. The Kier molecular flexibility index (Phi) is 3.01. The van der Waals surface area contributed by atoms with E-state index < -0.39 is 17.4 Å². The molecule has 5 heteroatoms. The number of hydrogen-bond acceptors (Lipinski definition) is 3. The van der Waals surface area contributed by atoms with Crippen molar-refractivity contribution in [2.75, 3.05) is 6.54 Å². The standard InChI is InChI=1S/C15H19N3O2/c16-9-15(5-6-15)14(20)18-8-11-4-2-1-3-10(11)7-12(18)13(17)19/h1-4,12H,5-9,16H2,(H2,17,19)/t12-/m0/s1. The second-order valence-electron chi connectivity index (χ2n) is 5.81. The molecule has 0 bridgehead atoms. The van der Waals surface area contributed by atoms with Gasteiger partial charge in [-0.05, 0) is 24.0 Å². The summed E-state index contributed by atoms with van der Waals surface area (Å²) in [6.07, 6.45) is 2.12. The SMILES string of the molecule is NCC1(C(=O)N2Cc3ccccc3C[C@H]2C(N)=O)CC1. The first-order valence-electron chi connectivity index (χ1n) is 6.95. The number of hydrogen-bond donors (Lipinski definition) is 2. The van der Waals surface area contributed by atoms with Gasteiger partial charge in [0.2, 0.25) is 11.8 Å². The smallest absolute Gasteiger partial charge is 0.240 e.